The van der Waals surface area contributed by atoms with Gasteiger partial charge in [-0.1, -0.05) is 27.7 Å². The number of nitro benzene ring substituents is 1. The van der Waals surface area contributed by atoms with Gasteiger partial charge >= 0.3 is 0 Å². The van der Waals surface area contributed by atoms with Crippen molar-refractivity contribution in [2.24, 2.45) is 14.1 Å². The fourth-order valence-corrected chi connectivity index (χ4v) is 2.68. The van der Waals surface area contributed by atoms with Gasteiger partial charge in [0.25, 0.3) is 5.69 Å². The Bertz CT molecular complexity index is 1030. The molecule has 2 heterocycles. The monoisotopic (exact) mass is 382 g/mol. The molecule has 0 radical (unpaired) electrons. The zero-order chi connectivity index (χ0) is 21.3. The zero-order valence-corrected chi connectivity index (χ0v) is 17.5. The zero-order valence-electron chi connectivity index (χ0n) is 17.5. The highest BCUT2D eigenvalue weighted by Crippen LogP contribution is 2.20. The summed E-state index contributed by atoms with van der Waals surface area (Å²) in [4.78, 5) is 10.1. The summed E-state index contributed by atoms with van der Waals surface area (Å²) < 4.78 is 4.01. The molecular formula is C22H30N4O2. The van der Waals surface area contributed by atoms with Crippen LogP contribution in [0.3, 0.4) is 0 Å². The minimum absolute atomic E-state index is 0.138. The Hall–Kier alpha value is -3.28. The normalized spacial score (nSPS) is 9.50. The number of nitrogen functional groups attached to an aromatic ring is 1. The molecule has 0 unspecified atom stereocenters. The molecular weight excluding hydrogens is 352 g/mol. The van der Waals surface area contributed by atoms with Gasteiger partial charge < -0.3 is 14.9 Å². The van der Waals surface area contributed by atoms with Crippen LogP contribution in [-0.4, -0.2) is 14.1 Å². The largest absolute Gasteiger partial charge is 0.399 e. The second-order valence-electron chi connectivity index (χ2n) is 5.67. The van der Waals surface area contributed by atoms with Crippen molar-refractivity contribution >= 4 is 33.2 Å². The molecule has 2 aromatic carbocycles. The molecule has 6 nitrogen and oxygen atoms in total. The van der Waals surface area contributed by atoms with Crippen LogP contribution in [-0.2, 0) is 14.1 Å². The Morgan fingerprint density at radius 2 is 1.25 bits per heavy atom. The third-order valence-corrected chi connectivity index (χ3v) is 3.99. The van der Waals surface area contributed by atoms with Crippen molar-refractivity contribution in [2.45, 2.75) is 27.7 Å². The van der Waals surface area contributed by atoms with Crippen LogP contribution in [0.15, 0.2) is 60.9 Å². The van der Waals surface area contributed by atoms with Gasteiger partial charge in [-0.05, 0) is 36.4 Å². The van der Waals surface area contributed by atoms with Crippen molar-refractivity contribution < 1.29 is 4.92 Å². The van der Waals surface area contributed by atoms with Crippen LogP contribution >= 0.6 is 0 Å². The first-order valence-corrected chi connectivity index (χ1v) is 9.46. The van der Waals surface area contributed by atoms with E-state index in [4.69, 9.17) is 5.73 Å². The van der Waals surface area contributed by atoms with Crippen molar-refractivity contribution in [3.05, 3.63) is 71.0 Å². The van der Waals surface area contributed by atoms with Gasteiger partial charge in [0, 0.05) is 66.1 Å². The molecule has 0 saturated carbocycles. The average Bonchev–Trinajstić information content (AvgIpc) is 3.27. The number of fused-ring (bicyclic) bond motifs is 2. The summed E-state index contributed by atoms with van der Waals surface area (Å²) in [6, 6.07) is 14.7. The maximum Gasteiger partial charge on any atom is 0.270 e. The van der Waals surface area contributed by atoms with Crippen LogP contribution in [0.5, 0.6) is 0 Å². The molecule has 0 saturated heterocycles. The van der Waals surface area contributed by atoms with Crippen molar-refractivity contribution in [3.63, 3.8) is 0 Å². The lowest BCUT2D eigenvalue weighted by Gasteiger charge is -1.95. The summed E-state index contributed by atoms with van der Waals surface area (Å²) in [5, 5.41) is 12.6. The second-order valence-corrected chi connectivity index (χ2v) is 5.67. The number of aromatic nitrogens is 2. The van der Waals surface area contributed by atoms with Crippen LogP contribution in [0.4, 0.5) is 11.4 Å². The summed E-state index contributed by atoms with van der Waals surface area (Å²) in [6.45, 7) is 8.00. The van der Waals surface area contributed by atoms with Crippen LogP contribution in [0.25, 0.3) is 21.8 Å². The molecule has 6 heteroatoms. The predicted molar refractivity (Wildman–Crippen MR) is 120 cm³/mol. The number of nitrogens with zero attached hydrogens (tertiary/aromatic N) is 3. The summed E-state index contributed by atoms with van der Waals surface area (Å²) in [7, 11) is 3.94. The fraction of sp³-hybridized carbons (Fsp3) is 0.273. The first-order valence-electron chi connectivity index (χ1n) is 9.46. The van der Waals surface area contributed by atoms with Crippen LogP contribution in [0, 0.1) is 10.1 Å². The van der Waals surface area contributed by atoms with Crippen LogP contribution in [0.1, 0.15) is 27.7 Å². The van der Waals surface area contributed by atoms with Gasteiger partial charge in [-0.3, -0.25) is 10.1 Å². The molecule has 2 N–H and O–H groups in total. The van der Waals surface area contributed by atoms with Gasteiger partial charge in [-0.15, -0.1) is 0 Å². The number of benzene rings is 2. The Balaban J connectivity index is 0.000000240. The van der Waals surface area contributed by atoms with E-state index >= 15 is 0 Å². The number of nitrogens with two attached hydrogens (primary N) is 1. The minimum atomic E-state index is -0.382. The molecule has 0 fully saturated rings. The van der Waals surface area contributed by atoms with Gasteiger partial charge in [0.1, 0.15) is 0 Å². The first kappa shape index (κ1) is 22.8. The molecule has 4 aromatic rings. The molecule has 0 aliphatic rings. The molecule has 0 atom stereocenters. The number of non-ortho nitro benzene ring substituents is 1. The summed E-state index contributed by atoms with van der Waals surface area (Å²) in [5.41, 5.74) is 8.81. The van der Waals surface area contributed by atoms with Crippen molar-refractivity contribution in [1.82, 2.24) is 9.13 Å². The van der Waals surface area contributed by atoms with E-state index in [-0.39, 0.29) is 10.6 Å². The van der Waals surface area contributed by atoms with Crippen LogP contribution in [0.2, 0.25) is 0 Å². The summed E-state index contributed by atoms with van der Waals surface area (Å²) in [6.07, 6.45) is 3.92. The lowest BCUT2D eigenvalue weighted by atomic mass is 10.2. The highest BCUT2D eigenvalue weighted by Gasteiger charge is 2.06. The van der Waals surface area contributed by atoms with E-state index < -0.39 is 0 Å². The van der Waals surface area contributed by atoms with E-state index in [0.717, 1.165) is 16.6 Å². The molecule has 4 rings (SSSR count). The minimum Gasteiger partial charge on any atom is -0.399 e. The topological polar surface area (TPSA) is 79.0 Å². The predicted octanol–water partition coefficient (Wildman–Crippen LogP) is 5.90. The van der Waals surface area contributed by atoms with Crippen molar-refractivity contribution in [1.29, 1.82) is 0 Å². The lowest BCUT2D eigenvalue weighted by molar-refractivity contribution is -0.384. The maximum atomic E-state index is 10.5. The van der Waals surface area contributed by atoms with E-state index in [9.17, 15) is 10.1 Å². The van der Waals surface area contributed by atoms with E-state index in [1.807, 2.05) is 83.0 Å². The fourth-order valence-electron chi connectivity index (χ4n) is 2.68. The van der Waals surface area contributed by atoms with Gasteiger partial charge in [-0.2, -0.15) is 0 Å². The number of hydrogen-bond acceptors (Lipinski definition) is 3. The summed E-state index contributed by atoms with van der Waals surface area (Å²) in [5.74, 6) is 0. The lowest BCUT2D eigenvalue weighted by Crippen LogP contribution is -1.88. The molecule has 0 bridgehead atoms. The smallest absolute Gasteiger partial charge is 0.270 e. The molecule has 2 aromatic heterocycles. The number of anilines is 1. The van der Waals surface area contributed by atoms with Gasteiger partial charge in [0.15, 0.2) is 0 Å². The Morgan fingerprint density at radius 3 is 1.75 bits per heavy atom. The molecule has 0 aliphatic heterocycles. The number of rotatable bonds is 1. The summed E-state index contributed by atoms with van der Waals surface area (Å²) >= 11 is 0. The van der Waals surface area contributed by atoms with Gasteiger partial charge in [0.05, 0.1) is 4.92 Å². The number of hydrogen-bond donors (Lipinski definition) is 1. The molecule has 0 spiro atoms. The quantitative estimate of drug-likeness (QED) is 0.253. The Kier molecular flexibility index (Phi) is 8.75. The highest BCUT2D eigenvalue weighted by molar-refractivity contribution is 5.83. The number of aryl methyl sites for hydroxylation is 2. The average molecular weight is 383 g/mol. The van der Waals surface area contributed by atoms with Crippen LogP contribution < -0.4 is 5.73 Å². The molecule has 0 aliphatic carbocycles. The van der Waals surface area contributed by atoms with E-state index in [2.05, 4.69) is 10.6 Å². The Morgan fingerprint density at radius 1 is 0.786 bits per heavy atom. The standard InChI is InChI=1S/C9H8N2O2.C9H10N2.2C2H6/c1-10-5-4-7-6-8(11(12)13)2-3-9(7)10;1-11-5-4-7-6-8(10)2-3-9(7)11;2*1-2/h2-6H,1H3;2-6H,10H2,1H3;2*1-2H3. The van der Waals surface area contributed by atoms with Crippen molar-refractivity contribution in [2.75, 3.05) is 5.73 Å². The second kappa shape index (κ2) is 10.8. The van der Waals surface area contributed by atoms with Gasteiger partial charge in [-0.25, -0.2) is 0 Å². The highest BCUT2D eigenvalue weighted by atomic mass is 16.6. The third-order valence-electron chi connectivity index (χ3n) is 3.99. The van der Waals surface area contributed by atoms with Gasteiger partial charge in [0.2, 0.25) is 0 Å². The maximum absolute atomic E-state index is 10.5. The van der Waals surface area contributed by atoms with E-state index in [0.29, 0.717) is 0 Å². The Labute approximate surface area is 166 Å². The third kappa shape index (κ3) is 5.36. The molecule has 28 heavy (non-hydrogen) atoms. The molecule has 0 amide bonds. The number of nitro groups is 1. The SMILES string of the molecule is CC.CC.Cn1ccc2cc(N)ccc21.Cn1ccc2cc([N+](=O)[O-])ccc21. The van der Waals surface area contributed by atoms with E-state index in [1.165, 1.54) is 17.0 Å². The first-order chi connectivity index (χ1) is 13.5. The van der Waals surface area contributed by atoms with E-state index in [1.54, 1.807) is 12.1 Å². The molecule has 150 valence electrons. The van der Waals surface area contributed by atoms with Crippen molar-refractivity contribution in [3.8, 4) is 0 Å².